The Labute approximate surface area is 100 Å². The van der Waals surface area contributed by atoms with Gasteiger partial charge in [-0.15, -0.1) is 0 Å². The summed E-state index contributed by atoms with van der Waals surface area (Å²) in [5.41, 5.74) is 1.76. The van der Waals surface area contributed by atoms with Crippen LogP contribution in [0.25, 0.3) is 0 Å². The normalized spacial score (nSPS) is 10.0. The fourth-order valence-electron chi connectivity index (χ4n) is 1.39. The van der Waals surface area contributed by atoms with Crippen molar-refractivity contribution in [1.29, 1.82) is 0 Å². The zero-order valence-corrected chi connectivity index (χ0v) is 9.81. The number of aromatic nitrogens is 1. The molecule has 17 heavy (non-hydrogen) atoms. The minimum Gasteiger partial charge on any atom is -0.439 e. The van der Waals surface area contributed by atoms with Crippen LogP contribution in [0, 0.1) is 6.92 Å². The van der Waals surface area contributed by atoms with E-state index in [4.69, 9.17) is 4.74 Å². The molecule has 3 heteroatoms. The predicted molar refractivity (Wildman–Crippen MR) is 65.5 cm³/mol. The summed E-state index contributed by atoms with van der Waals surface area (Å²) in [5.74, 6) is 1.27. The fourth-order valence-corrected chi connectivity index (χ4v) is 1.39. The molecule has 86 valence electrons. The molecule has 0 aliphatic heterocycles. The molecule has 3 nitrogen and oxygen atoms in total. The molecule has 0 fully saturated rings. The van der Waals surface area contributed by atoms with Crippen LogP contribution in [0.15, 0.2) is 42.6 Å². The van der Waals surface area contributed by atoms with Crippen molar-refractivity contribution < 1.29 is 9.53 Å². The Kier molecular flexibility index (Phi) is 3.19. The third-order valence-electron chi connectivity index (χ3n) is 2.37. The summed E-state index contributed by atoms with van der Waals surface area (Å²) in [5, 5.41) is 0. The van der Waals surface area contributed by atoms with Crippen LogP contribution < -0.4 is 4.74 Å². The van der Waals surface area contributed by atoms with Gasteiger partial charge in [-0.3, -0.25) is 4.79 Å². The van der Waals surface area contributed by atoms with Crippen molar-refractivity contribution in [2.24, 2.45) is 0 Å². The van der Waals surface area contributed by atoms with Crippen molar-refractivity contribution in [2.45, 2.75) is 13.8 Å². The van der Waals surface area contributed by atoms with Crippen LogP contribution in [0.4, 0.5) is 0 Å². The van der Waals surface area contributed by atoms with E-state index in [1.165, 1.54) is 6.92 Å². The van der Waals surface area contributed by atoms with Crippen molar-refractivity contribution in [1.82, 2.24) is 4.98 Å². The number of pyridine rings is 1. The highest BCUT2D eigenvalue weighted by Gasteiger charge is 2.01. The number of ether oxygens (including phenoxy) is 1. The lowest BCUT2D eigenvalue weighted by Crippen LogP contribution is -1.92. The van der Waals surface area contributed by atoms with E-state index in [2.05, 4.69) is 4.98 Å². The Morgan fingerprint density at radius 3 is 2.35 bits per heavy atom. The first-order valence-corrected chi connectivity index (χ1v) is 5.36. The fraction of sp³-hybridized carbons (Fsp3) is 0.143. The second-order valence-corrected chi connectivity index (χ2v) is 3.86. The van der Waals surface area contributed by atoms with Gasteiger partial charge in [0.05, 0.1) is 0 Å². The van der Waals surface area contributed by atoms with E-state index in [1.807, 2.05) is 19.1 Å². The first-order chi connectivity index (χ1) is 8.15. The molecule has 0 spiro atoms. The summed E-state index contributed by atoms with van der Waals surface area (Å²) in [4.78, 5) is 15.2. The van der Waals surface area contributed by atoms with E-state index in [-0.39, 0.29) is 5.78 Å². The van der Waals surface area contributed by atoms with Gasteiger partial charge >= 0.3 is 0 Å². The van der Waals surface area contributed by atoms with Crippen molar-refractivity contribution in [3.05, 3.63) is 53.7 Å². The number of Topliss-reactive ketones (excluding diaryl/α,β-unsaturated/α-hetero) is 1. The Morgan fingerprint density at radius 2 is 1.82 bits per heavy atom. The SMILES string of the molecule is CC(=O)c1ccc(Oc2ccc(C)cn2)cc1. The molecule has 0 aliphatic carbocycles. The van der Waals surface area contributed by atoms with Crippen molar-refractivity contribution in [3.63, 3.8) is 0 Å². The summed E-state index contributed by atoms with van der Waals surface area (Å²) in [6.07, 6.45) is 1.75. The van der Waals surface area contributed by atoms with Crippen molar-refractivity contribution in [2.75, 3.05) is 0 Å². The minimum absolute atomic E-state index is 0.0463. The van der Waals surface area contributed by atoms with E-state index in [9.17, 15) is 4.79 Å². The summed E-state index contributed by atoms with van der Waals surface area (Å²) >= 11 is 0. The van der Waals surface area contributed by atoms with Gasteiger partial charge in [0, 0.05) is 17.8 Å². The molecule has 0 aliphatic rings. The number of aryl methyl sites for hydroxylation is 1. The van der Waals surface area contributed by atoms with E-state index >= 15 is 0 Å². The van der Waals surface area contributed by atoms with Crippen LogP contribution >= 0.6 is 0 Å². The number of ketones is 1. The molecular formula is C14H13NO2. The molecule has 1 aromatic heterocycles. The molecule has 0 N–H and O–H groups in total. The average molecular weight is 227 g/mol. The summed E-state index contributed by atoms with van der Waals surface area (Å²) < 4.78 is 5.55. The van der Waals surface area contributed by atoms with E-state index < -0.39 is 0 Å². The summed E-state index contributed by atoms with van der Waals surface area (Å²) in [6.45, 7) is 3.51. The molecule has 1 aromatic carbocycles. The zero-order valence-electron chi connectivity index (χ0n) is 9.81. The highest BCUT2D eigenvalue weighted by Crippen LogP contribution is 2.19. The van der Waals surface area contributed by atoms with Gasteiger partial charge in [-0.2, -0.15) is 0 Å². The average Bonchev–Trinajstić information content (AvgIpc) is 2.33. The van der Waals surface area contributed by atoms with E-state index in [1.54, 1.807) is 30.5 Å². The van der Waals surface area contributed by atoms with Gasteiger partial charge in [0.15, 0.2) is 5.78 Å². The van der Waals surface area contributed by atoms with Crippen LogP contribution in [-0.4, -0.2) is 10.8 Å². The number of carbonyl (C=O) groups excluding carboxylic acids is 1. The number of hydrogen-bond acceptors (Lipinski definition) is 3. The Balaban J connectivity index is 2.13. The first kappa shape index (κ1) is 11.3. The van der Waals surface area contributed by atoms with Crippen LogP contribution in [-0.2, 0) is 0 Å². The highest BCUT2D eigenvalue weighted by atomic mass is 16.5. The maximum absolute atomic E-state index is 11.1. The third kappa shape index (κ3) is 2.91. The molecule has 0 atom stereocenters. The summed E-state index contributed by atoms with van der Waals surface area (Å²) in [6, 6.07) is 10.8. The molecule has 2 rings (SSSR count). The molecular weight excluding hydrogens is 214 g/mol. The Bertz CT molecular complexity index is 515. The van der Waals surface area contributed by atoms with Gasteiger partial charge in [-0.25, -0.2) is 4.98 Å². The zero-order chi connectivity index (χ0) is 12.3. The minimum atomic E-state index is 0.0463. The number of carbonyl (C=O) groups is 1. The topological polar surface area (TPSA) is 39.2 Å². The van der Waals surface area contributed by atoms with Gasteiger partial charge in [0.1, 0.15) is 5.75 Å². The second-order valence-electron chi connectivity index (χ2n) is 3.86. The molecule has 0 saturated heterocycles. The predicted octanol–water partition coefficient (Wildman–Crippen LogP) is 3.38. The van der Waals surface area contributed by atoms with Gasteiger partial charge in [0.25, 0.3) is 0 Å². The number of rotatable bonds is 3. The number of nitrogens with zero attached hydrogens (tertiary/aromatic N) is 1. The standard InChI is InChI=1S/C14H13NO2/c1-10-3-8-14(15-9-10)17-13-6-4-12(5-7-13)11(2)16/h3-9H,1-2H3. The van der Waals surface area contributed by atoms with E-state index in [0.29, 0.717) is 17.2 Å². The maximum Gasteiger partial charge on any atom is 0.219 e. The third-order valence-corrected chi connectivity index (χ3v) is 2.37. The maximum atomic E-state index is 11.1. The van der Waals surface area contributed by atoms with Gasteiger partial charge in [-0.1, -0.05) is 6.07 Å². The van der Waals surface area contributed by atoms with Crippen LogP contribution in [0.3, 0.4) is 0 Å². The van der Waals surface area contributed by atoms with Crippen LogP contribution in [0.5, 0.6) is 11.6 Å². The second kappa shape index (κ2) is 4.78. The van der Waals surface area contributed by atoms with E-state index in [0.717, 1.165) is 5.56 Å². The lowest BCUT2D eigenvalue weighted by molar-refractivity contribution is 0.101. The molecule has 1 heterocycles. The van der Waals surface area contributed by atoms with Crippen LogP contribution in [0.2, 0.25) is 0 Å². The first-order valence-electron chi connectivity index (χ1n) is 5.36. The highest BCUT2D eigenvalue weighted by molar-refractivity contribution is 5.94. The van der Waals surface area contributed by atoms with Crippen molar-refractivity contribution in [3.8, 4) is 11.6 Å². The molecule has 0 unspecified atom stereocenters. The number of benzene rings is 1. The quantitative estimate of drug-likeness (QED) is 0.754. The molecule has 0 saturated carbocycles. The Morgan fingerprint density at radius 1 is 1.12 bits per heavy atom. The lowest BCUT2D eigenvalue weighted by atomic mass is 10.1. The Hall–Kier alpha value is -2.16. The van der Waals surface area contributed by atoms with Crippen LogP contribution in [0.1, 0.15) is 22.8 Å². The van der Waals surface area contributed by atoms with Gasteiger partial charge < -0.3 is 4.74 Å². The summed E-state index contributed by atoms with van der Waals surface area (Å²) in [7, 11) is 0. The molecule has 0 bridgehead atoms. The van der Waals surface area contributed by atoms with Gasteiger partial charge in [-0.05, 0) is 43.7 Å². The molecule has 2 aromatic rings. The molecule has 0 amide bonds. The molecule has 0 radical (unpaired) electrons. The number of hydrogen-bond donors (Lipinski definition) is 0. The van der Waals surface area contributed by atoms with Crippen molar-refractivity contribution >= 4 is 5.78 Å². The smallest absolute Gasteiger partial charge is 0.219 e. The largest absolute Gasteiger partial charge is 0.439 e. The lowest BCUT2D eigenvalue weighted by Gasteiger charge is -2.05. The van der Waals surface area contributed by atoms with Gasteiger partial charge in [0.2, 0.25) is 5.88 Å². The monoisotopic (exact) mass is 227 g/mol.